The summed E-state index contributed by atoms with van der Waals surface area (Å²) in [6.45, 7) is 2.53. The van der Waals surface area contributed by atoms with Gasteiger partial charge < -0.3 is 14.7 Å². The summed E-state index contributed by atoms with van der Waals surface area (Å²) in [5, 5.41) is 9.21. The van der Waals surface area contributed by atoms with E-state index in [0.29, 0.717) is 28.9 Å². The molecule has 1 aliphatic rings. The van der Waals surface area contributed by atoms with Crippen LogP contribution in [0.1, 0.15) is 50.4 Å². The van der Waals surface area contributed by atoms with Crippen LogP contribution in [0.25, 0.3) is 11.3 Å². The molecule has 6 nitrogen and oxygen atoms in total. The first-order valence-corrected chi connectivity index (χ1v) is 10.5. The number of pyridine rings is 1. The molecule has 0 aliphatic carbocycles. The molecule has 2 aromatic carbocycles. The van der Waals surface area contributed by atoms with Crippen molar-refractivity contribution < 1.29 is 32.6 Å². The average Bonchev–Trinajstić information content (AvgIpc) is 3.13. The highest BCUT2D eigenvalue weighted by atomic mass is 19.4. The fourth-order valence-corrected chi connectivity index (χ4v) is 3.95. The monoisotopic (exact) mass is 470 g/mol. The Morgan fingerprint density at radius 1 is 1.18 bits per heavy atom. The van der Waals surface area contributed by atoms with Crippen molar-refractivity contribution in [1.29, 1.82) is 0 Å². The van der Waals surface area contributed by atoms with Crippen LogP contribution in [0.2, 0.25) is 0 Å². The minimum absolute atomic E-state index is 0.102. The van der Waals surface area contributed by atoms with Crippen molar-refractivity contribution in [3.05, 3.63) is 82.5 Å². The van der Waals surface area contributed by atoms with Crippen LogP contribution < -0.4 is 4.74 Å². The lowest BCUT2D eigenvalue weighted by atomic mass is 10.0. The van der Waals surface area contributed by atoms with E-state index in [-0.39, 0.29) is 23.3 Å². The molecule has 3 aromatic rings. The van der Waals surface area contributed by atoms with Gasteiger partial charge in [-0.05, 0) is 54.8 Å². The van der Waals surface area contributed by atoms with Gasteiger partial charge in [0.25, 0.3) is 5.91 Å². The molecule has 1 aliphatic heterocycles. The summed E-state index contributed by atoms with van der Waals surface area (Å²) in [6, 6.07) is 12.7. The number of alkyl halides is 3. The van der Waals surface area contributed by atoms with Crippen molar-refractivity contribution in [2.45, 2.75) is 32.6 Å². The minimum atomic E-state index is -4.42. The van der Waals surface area contributed by atoms with Gasteiger partial charge in [0.1, 0.15) is 5.75 Å². The first-order chi connectivity index (χ1) is 16.0. The van der Waals surface area contributed by atoms with Crippen molar-refractivity contribution in [2.75, 3.05) is 6.61 Å². The molecule has 1 amide bonds. The first-order valence-electron chi connectivity index (χ1n) is 10.5. The lowest BCUT2D eigenvalue weighted by Gasteiger charge is -2.25. The van der Waals surface area contributed by atoms with Crippen molar-refractivity contribution in [2.24, 2.45) is 0 Å². The number of carboxylic acid groups (broad SMARTS) is 1. The molecule has 9 heteroatoms. The zero-order chi connectivity index (χ0) is 24.6. The normalized spacial score (nSPS) is 14.1. The molecule has 0 bridgehead atoms. The van der Waals surface area contributed by atoms with Crippen LogP contribution in [0, 0.1) is 6.92 Å². The van der Waals surface area contributed by atoms with Gasteiger partial charge in [-0.15, -0.1) is 0 Å². The summed E-state index contributed by atoms with van der Waals surface area (Å²) in [7, 11) is 0. The van der Waals surface area contributed by atoms with Crippen LogP contribution in [0.5, 0.6) is 5.75 Å². The summed E-state index contributed by atoms with van der Waals surface area (Å²) in [6.07, 6.45) is -3.01. The number of fused-ring (bicyclic) bond motifs is 1. The SMILES string of the molecule is Cc1cc(C(C)N2Cc3ccc(-c4cc(C(=O)O)ccn4)cc3C2=O)ccc1OCC(F)(F)F. The van der Waals surface area contributed by atoms with Crippen molar-refractivity contribution in [3.8, 4) is 17.0 Å². The summed E-state index contributed by atoms with van der Waals surface area (Å²) in [5.74, 6) is -1.11. The molecule has 0 saturated carbocycles. The van der Waals surface area contributed by atoms with Gasteiger partial charge >= 0.3 is 12.1 Å². The number of aromatic nitrogens is 1. The Morgan fingerprint density at radius 3 is 2.62 bits per heavy atom. The van der Waals surface area contributed by atoms with Gasteiger partial charge in [-0.25, -0.2) is 4.79 Å². The second-order valence-corrected chi connectivity index (χ2v) is 8.14. The molecule has 0 saturated heterocycles. The zero-order valence-corrected chi connectivity index (χ0v) is 18.4. The second-order valence-electron chi connectivity index (χ2n) is 8.14. The lowest BCUT2D eigenvalue weighted by molar-refractivity contribution is -0.153. The molecule has 1 N–H and O–H groups in total. The highest BCUT2D eigenvalue weighted by Crippen LogP contribution is 2.35. The predicted octanol–water partition coefficient (Wildman–Crippen LogP) is 5.41. The third-order valence-corrected chi connectivity index (χ3v) is 5.78. The van der Waals surface area contributed by atoms with E-state index in [2.05, 4.69) is 4.98 Å². The largest absolute Gasteiger partial charge is 0.484 e. The number of nitrogens with zero attached hydrogens (tertiary/aromatic N) is 2. The summed E-state index contributed by atoms with van der Waals surface area (Å²) in [5.41, 5.74) is 3.84. The Kier molecular flexibility index (Phi) is 6.03. The lowest BCUT2D eigenvalue weighted by Crippen LogP contribution is -2.27. The highest BCUT2D eigenvalue weighted by Gasteiger charge is 2.32. The number of ether oxygens (including phenoxy) is 1. The van der Waals surface area contributed by atoms with E-state index in [1.165, 1.54) is 24.4 Å². The highest BCUT2D eigenvalue weighted by molar-refractivity contribution is 6.00. The van der Waals surface area contributed by atoms with Gasteiger partial charge in [-0.3, -0.25) is 9.78 Å². The Balaban J connectivity index is 1.55. The number of aromatic carboxylic acids is 1. The number of rotatable bonds is 6. The van der Waals surface area contributed by atoms with E-state index in [1.54, 1.807) is 36.1 Å². The number of carbonyl (C=O) groups is 2. The molecule has 0 radical (unpaired) electrons. The molecule has 2 heterocycles. The fraction of sp³-hybridized carbons (Fsp3) is 0.240. The Morgan fingerprint density at radius 2 is 1.94 bits per heavy atom. The second kappa shape index (κ2) is 8.81. The molecule has 0 spiro atoms. The number of aryl methyl sites for hydroxylation is 1. The molecule has 1 unspecified atom stereocenters. The van der Waals surface area contributed by atoms with Crippen LogP contribution in [0.4, 0.5) is 13.2 Å². The fourth-order valence-electron chi connectivity index (χ4n) is 3.95. The van der Waals surface area contributed by atoms with Crippen molar-refractivity contribution in [3.63, 3.8) is 0 Å². The van der Waals surface area contributed by atoms with E-state index < -0.39 is 18.8 Å². The minimum Gasteiger partial charge on any atom is -0.484 e. The number of benzene rings is 2. The topological polar surface area (TPSA) is 79.7 Å². The molecule has 1 aromatic heterocycles. The third-order valence-electron chi connectivity index (χ3n) is 5.78. The summed E-state index contributed by atoms with van der Waals surface area (Å²) in [4.78, 5) is 30.4. The molecule has 4 rings (SSSR count). The van der Waals surface area contributed by atoms with Crippen LogP contribution in [0.15, 0.2) is 54.7 Å². The van der Waals surface area contributed by atoms with Gasteiger partial charge in [-0.2, -0.15) is 13.2 Å². The Hall–Kier alpha value is -3.88. The maximum Gasteiger partial charge on any atom is 0.422 e. The quantitative estimate of drug-likeness (QED) is 0.521. The number of hydrogen-bond acceptors (Lipinski definition) is 4. The van der Waals surface area contributed by atoms with Gasteiger partial charge in [0.2, 0.25) is 0 Å². The number of amides is 1. The zero-order valence-electron chi connectivity index (χ0n) is 18.4. The van der Waals surface area contributed by atoms with E-state index in [0.717, 1.165) is 11.1 Å². The van der Waals surface area contributed by atoms with Crippen LogP contribution in [-0.4, -0.2) is 39.7 Å². The Bertz CT molecular complexity index is 1270. The van der Waals surface area contributed by atoms with E-state index in [4.69, 9.17) is 4.74 Å². The van der Waals surface area contributed by atoms with Crippen molar-refractivity contribution >= 4 is 11.9 Å². The number of carbonyl (C=O) groups excluding carboxylic acids is 1. The van der Waals surface area contributed by atoms with Crippen LogP contribution >= 0.6 is 0 Å². The molecule has 176 valence electrons. The first kappa shape index (κ1) is 23.3. The average molecular weight is 470 g/mol. The van der Waals surface area contributed by atoms with Crippen LogP contribution in [0.3, 0.4) is 0 Å². The molecular formula is C25H21F3N2O4. The number of hydrogen-bond donors (Lipinski definition) is 1. The molecule has 1 atom stereocenters. The third kappa shape index (κ3) is 4.73. The Labute approximate surface area is 193 Å². The maximum atomic E-state index is 13.2. The maximum absolute atomic E-state index is 13.2. The van der Waals surface area contributed by atoms with Crippen LogP contribution in [-0.2, 0) is 6.54 Å². The van der Waals surface area contributed by atoms with Gasteiger partial charge in [0, 0.05) is 23.9 Å². The number of halogens is 3. The van der Waals surface area contributed by atoms with E-state index in [9.17, 15) is 27.9 Å². The molecular weight excluding hydrogens is 449 g/mol. The van der Waals surface area contributed by atoms with E-state index in [1.807, 2.05) is 13.0 Å². The smallest absolute Gasteiger partial charge is 0.422 e. The van der Waals surface area contributed by atoms with E-state index >= 15 is 0 Å². The summed E-state index contributed by atoms with van der Waals surface area (Å²) < 4.78 is 42.2. The predicted molar refractivity (Wildman–Crippen MR) is 118 cm³/mol. The van der Waals surface area contributed by atoms with Gasteiger partial charge in [0.15, 0.2) is 6.61 Å². The standard InChI is InChI=1S/C25H21F3N2O4/c1-14-9-16(5-6-22(14)34-13-25(26,27)28)15(2)30-12-19-4-3-17(10-20(19)23(30)31)21-11-18(24(32)33)7-8-29-21/h3-11,15H,12-13H2,1-2H3,(H,32,33). The molecule has 34 heavy (non-hydrogen) atoms. The molecule has 0 fully saturated rings. The van der Waals surface area contributed by atoms with Gasteiger partial charge in [-0.1, -0.05) is 24.3 Å². The summed E-state index contributed by atoms with van der Waals surface area (Å²) >= 11 is 0. The number of carboxylic acids is 1. The van der Waals surface area contributed by atoms with Crippen molar-refractivity contribution in [1.82, 2.24) is 9.88 Å². The van der Waals surface area contributed by atoms with Gasteiger partial charge in [0.05, 0.1) is 17.3 Å².